The van der Waals surface area contributed by atoms with Gasteiger partial charge in [0.25, 0.3) is 0 Å². The molecule has 0 bridgehead atoms. The fraction of sp³-hybridized carbons (Fsp3) is 0.667. The Labute approximate surface area is 134 Å². The highest BCUT2D eigenvalue weighted by atomic mass is 16.5. The molecule has 8 nitrogen and oxygen atoms in total. The van der Waals surface area contributed by atoms with Crippen LogP contribution in [0.25, 0.3) is 11.2 Å². The molecule has 2 fully saturated rings. The third kappa shape index (κ3) is 2.72. The second kappa shape index (κ2) is 5.93. The van der Waals surface area contributed by atoms with E-state index in [2.05, 4.69) is 20.3 Å². The predicted molar refractivity (Wildman–Crippen MR) is 85.8 cm³/mol. The number of fused-ring (bicyclic) bond motifs is 1. The Morgan fingerprint density at radius 3 is 2.83 bits per heavy atom. The van der Waals surface area contributed by atoms with Crippen LogP contribution < -0.4 is 11.1 Å². The number of rotatable bonds is 4. The highest BCUT2D eigenvalue weighted by molar-refractivity contribution is 5.83. The van der Waals surface area contributed by atoms with Crippen molar-refractivity contribution in [2.24, 2.45) is 0 Å². The van der Waals surface area contributed by atoms with Gasteiger partial charge in [0.15, 0.2) is 11.5 Å². The zero-order valence-corrected chi connectivity index (χ0v) is 13.0. The van der Waals surface area contributed by atoms with Crippen LogP contribution in [-0.2, 0) is 4.74 Å². The molecule has 2 aromatic heterocycles. The van der Waals surface area contributed by atoms with Crippen LogP contribution in [-0.4, -0.2) is 43.4 Å². The van der Waals surface area contributed by atoms with Gasteiger partial charge in [-0.1, -0.05) is 12.8 Å². The Balaban J connectivity index is 1.65. The van der Waals surface area contributed by atoms with Crippen LogP contribution in [0.4, 0.5) is 11.8 Å². The normalized spacial score (nSPS) is 25.4. The summed E-state index contributed by atoms with van der Waals surface area (Å²) in [4.78, 5) is 13.3. The standard InChI is InChI=1S/C15H22N6O2/c16-13-12-14(20-15(19-13)18-9-3-1-2-4-9)21(8-17-12)11-6-5-10(7-22)23-11/h8-11,22H,1-7H2,(H3,16,18,19,20)/t10-,11+/m0/s1. The highest BCUT2D eigenvalue weighted by Gasteiger charge is 2.28. The Hall–Kier alpha value is -1.93. The number of nitrogens with zero attached hydrogens (tertiary/aromatic N) is 4. The lowest BCUT2D eigenvalue weighted by Gasteiger charge is -2.15. The van der Waals surface area contributed by atoms with Crippen LogP contribution in [0.5, 0.6) is 0 Å². The van der Waals surface area contributed by atoms with Crippen LogP contribution >= 0.6 is 0 Å². The average Bonchev–Trinajstić information content (AvgIpc) is 3.26. The molecule has 0 radical (unpaired) electrons. The van der Waals surface area contributed by atoms with Crippen molar-refractivity contribution in [2.75, 3.05) is 17.7 Å². The lowest BCUT2D eigenvalue weighted by molar-refractivity contribution is -0.0207. The van der Waals surface area contributed by atoms with E-state index < -0.39 is 0 Å². The van der Waals surface area contributed by atoms with E-state index in [0.717, 1.165) is 25.7 Å². The summed E-state index contributed by atoms with van der Waals surface area (Å²) in [6, 6.07) is 0.421. The van der Waals surface area contributed by atoms with Crippen molar-refractivity contribution in [3.63, 3.8) is 0 Å². The second-order valence-corrected chi connectivity index (χ2v) is 6.35. The molecule has 23 heavy (non-hydrogen) atoms. The third-order valence-electron chi connectivity index (χ3n) is 4.74. The summed E-state index contributed by atoms with van der Waals surface area (Å²) in [5.74, 6) is 0.936. The van der Waals surface area contributed by atoms with Gasteiger partial charge in [-0.15, -0.1) is 0 Å². The molecule has 4 rings (SSSR count). The zero-order chi connectivity index (χ0) is 15.8. The molecule has 4 N–H and O–H groups in total. The number of nitrogen functional groups attached to an aromatic ring is 1. The quantitative estimate of drug-likeness (QED) is 0.782. The van der Waals surface area contributed by atoms with Crippen molar-refractivity contribution < 1.29 is 9.84 Å². The molecule has 3 heterocycles. The van der Waals surface area contributed by atoms with E-state index >= 15 is 0 Å². The number of ether oxygens (including phenoxy) is 1. The van der Waals surface area contributed by atoms with Gasteiger partial charge in [-0.3, -0.25) is 4.57 Å². The molecule has 0 spiro atoms. The number of aromatic nitrogens is 4. The van der Waals surface area contributed by atoms with Gasteiger partial charge in [-0.25, -0.2) is 4.98 Å². The summed E-state index contributed by atoms with van der Waals surface area (Å²) in [6.45, 7) is 0.0364. The molecule has 2 aromatic rings. The van der Waals surface area contributed by atoms with Crippen LogP contribution in [0.3, 0.4) is 0 Å². The van der Waals surface area contributed by atoms with E-state index in [1.165, 1.54) is 12.8 Å². The molecule has 1 aliphatic carbocycles. The molecule has 2 atom stereocenters. The van der Waals surface area contributed by atoms with Crippen LogP contribution in [0.1, 0.15) is 44.8 Å². The number of anilines is 2. The molecule has 1 saturated heterocycles. The number of hydrogen-bond donors (Lipinski definition) is 3. The van der Waals surface area contributed by atoms with Gasteiger partial charge in [0.05, 0.1) is 19.0 Å². The first kappa shape index (κ1) is 14.6. The Morgan fingerprint density at radius 2 is 2.09 bits per heavy atom. The summed E-state index contributed by atoms with van der Waals surface area (Å²) in [5, 5.41) is 12.6. The molecular weight excluding hydrogens is 296 g/mol. The first-order chi connectivity index (χ1) is 11.2. The minimum atomic E-state index is -0.161. The molecule has 0 aromatic carbocycles. The van der Waals surface area contributed by atoms with Crippen molar-refractivity contribution in [2.45, 2.75) is 56.9 Å². The maximum Gasteiger partial charge on any atom is 0.226 e. The SMILES string of the molecule is Nc1nc(NC2CCCC2)nc2c1ncn2[C@H]1CC[C@@H](CO)O1. The summed E-state index contributed by atoms with van der Waals surface area (Å²) >= 11 is 0. The van der Waals surface area contributed by atoms with Crippen LogP contribution in [0.2, 0.25) is 0 Å². The largest absolute Gasteiger partial charge is 0.394 e. The lowest BCUT2D eigenvalue weighted by atomic mass is 10.2. The summed E-state index contributed by atoms with van der Waals surface area (Å²) in [7, 11) is 0. The minimum Gasteiger partial charge on any atom is -0.394 e. The van der Waals surface area contributed by atoms with Crippen LogP contribution in [0, 0.1) is 0 Å². The number of hydrogen-bond acceptors (Lipinski definition) is 7. The van der Waals surface area contributed by atoms with E-state index in [1.807, 2.05) is 4.57 Å². The molecular formula is C15H22N6O2. The van der Waals surface area contributed by atoms with Crippen molar-refractivity contribution >= 4 is 22.9 Å². The highest BCUT2D eigenvalue weighted by Crippen LogP contribution is 2.31. The molecule has 1 saturated carbocycles. The van der Waals surface area contributed by atoms with Gasteiger partial charge in [0.1, 0.15) is 11.7 Å². The molecule has 1 aliphatic heterocycles. The zero-order valence-electron chi connectivity index (χ0n) is 13.0. The molecule has 0 amide bonds. The molecule has 0 unspecified atom stereocenters. The van der Waals surface area contributed by atoms with Gasteiger partial charge in [-0.2, -0.15) is 9.97 Å². The van der Waals surface area contributed by atoms with E-state index in [9.17, 15) is 5.11 Å². The minimum absolute atomic E-state index is 0.0364. The number of nitrogens with two attached hydrogens (primary N) is 1. The fourth-order valence-electron chi connectivity index (χ4n) is 3.49. The van der Waals surface area contributed by atoms with Crippen molar-refractivity contribution in [3.05, 3.63) is 6.33 Å². The van der Waals surface area contributed by atoms with Crippen molar-refractivity contribution in [1.82, 2.24) is 19.5 Å². The van der Waals surface area contributed by atoms with Gasteiger partial charge >= 0.3 is 0 Å². The number of aliphatic hydroxyl groups excluding tert-OH is 1. The van der Waals surface area contributed by atoms with Crippen molar-refractivity contribution in [3.8, 4) is 0 Å². The third-order valence-corrected chi connectivity index (χ3v) is 4.74. The molecule has 124 valence electrons. The lowest BCUT2D eigenvalue weighted by Crippen LogP contribution is -2.18. The maximum absolute atomic E-state index is 9.24. The predicted octanol–water partition coefficient (Wildman–Crippen LogP) is 1.43. The van der Waals surface area contributed by atoms with E-state index in [1.54, 1.807) is 6.33 Å². The van der Waals surface area contributed by atoms with Gasteiger partial charge in [-0.05, 0) is 25.7 Å². The fourth-order valence-corrected chi connectivity index (χ4v) is 3.49. The van der Waals surface area contributed by atoms with E-state index in [-0.39, 0.29) is 18.9 Å². The summed E-state index contributed by atoms with van der Waals surface area (Å²) in [5.41, 5.74) is 7.33. The van der Waals surface area contributed by atoms with E-state index in [4.69, 9.17) is 10.5 Å². The number of nitrogens with one attached hydrogen (secondary N) is 1. The van der Waals surface area contributed by atoms with Crippen molar-refractivity contribution in [1.29, 1.82) is 0 Å². The Kier molecular flexibility index (Phi) is 3.78. The average molecular weight is 318 g/mol. The van der Waals surface area contributed by atoms with Gasteiger partial charge < -0.3 is 20.9 Å². The summed E-state index contributed by atoms with van der Waals surface area (Å²) in [6.07, 6.45) is 7.84. The Bertz CT molecular complexity index is 697. The first-order valence-electron chi connectivity index (χ1n) is 8.27. The monoisotopic (exact) mass is 318 g/mol. The number of aliphatic hydroxyl groups is 1. The summed E-state index contributed by atoms with van der Waals surface area (Å²) < 4.78 is 7.72. The number of imidazole rings is 1. The van der Waals surface area contributed by atoms with Gasteiger partial charge in [0, 0.05) is 6.04 Å². The van der Waals surface area contributed by atoms with Crippen LogP contribution in [0.15, 0.2) is 6.33 Å². The smallest absolute Gasteiger partial charge is 0.226 e. The molecule has 2 aliphatic rings. The Morgan fingerprint density at radius 1 is 1.26 bits per heavy atom. The molecule has 8 heteroatoms. The maximum atomic E-state index is 9.24. The first-order valence-corrected chi connectivity index (χ1v) is 8.27. The van der Waals surface area contributed by atoms with Gasteiger partial charge in [0.2, 0.25) is 5.95 Å². The second-order valence-electron chi connectivity index (χ2n) is 6.35. The van der Waals surface area contributed by atoms with E-state index in [0.29, 0.717) is 29.0 Å². The topological polar surface area (TPSA) is 111 Å².